The number of aliphatic carboxylic acids is 1. The maximum atomic E-state index is 10.4. The molecule has 0 aromatic rings. The van der Waals surface area contributed by atoms with Crippen LogP contribution < -0.4 is 5.32 Å². The first kappa shape index (κ1) is 12.5. The van der Waals surface area contributed by atoms with E-state index in [4.69, 9.17) is 5.11 Å². The Hall–Kier alpha value is -0.610. The van der Waals surface area contributed by atoms with E-state index in [-0.39, 0.29) is 6.42 Å². The molecule has 2 N–H and O–H groups in total. The van der Waals surface area contributed by atoms with Gasteiger partial charge in [0, 0.05) is 12.6 Å². The summed E-state index contributed by atoms with van der Waals surface area (Å²) in [5, 5.41) is 11.8. The second kappa shape index (κ2) is 6.08. The van der Waals surface area contributed by atoms with Gasteiger partial charge in [-0.05, 0) is 45.8 Å². The van der Waals surface area contributed by atoms with Crippen LogP contribution in [-0.4, -0.2) is 48.7 Å². The minimum atomic E-state index is -0.724. The molecule has 1 unspecified atom stereocenters. The number of likely N-dealkylation sites (tertiary alicyclic amines) is 1. The topological polar surface area (TPSA) is 52.6 Å². The monoisotopic (exact) mass is 214 g/mol. The van der Waals surface area contributed by atoms with Gasteiger partial charge >= 0.3 is 5.97 Å². The molecule has 1 rings (SSSR count). The average Bonchev–Trinajstić information content (AvgIpc) is 2.18. The van der Waals surface area contributed by atoms with Crippen molar-refractivity contribution in [2.75, 3.05) is 26.7 Å². The van der Waals surface area contributed by atoms with E-state index in [1.54, 1.807) is 0 Å². The lowest BCUT2D eigenvalue weighted by Crippen LogP contribution is -2.41. The Morgan fingerprint density at radius 1 is 1.53 bits per heavy atom. The largest absolute Gasteiger partial charge is 0.481 e. The van der Waals surface area contributed by atoms with Crippen LogP contribution in [0.1, 0.15) is 26.2 Å². The predicted molar refractivity (Wildman–Crippen MR) is 59.9 cm³/mol. The number of piperidine rings is 1. The normalized spacial score (nSPS) is 21.5. The first-order valence-corrected chi connectivity index (χ1v) is 5.73. The van der Waals surface area contributed by atoms with Gasteiger partial charge in [0.05, 0.1) is 6.42 Å². The van der Waals surface area contributed by atoms with Crippen LogP contribution >= 0.6 is 0 Å². The van der Waals surface area contributed by atoms with E-state index >= 15 is 0 Å². The minimum Gasteiger partial charge on any atom is -0.481 e. The van der Waals surface area contributed by atoms with Gasteiger partial charge < -0.3 is 15.3 Å². The molecule has 1 fully saturated rings. The van der Waals surface area contributed by atoms with Gasteiger partial charge in [-0.1, -0.05) is 0 Å². The summed E-state index contributed by atoms with van der Waals surface area (Å²) >= 11 is 0. The van der Waals surface area contributed by atoms with Crippen LogP contribution in [0.25, 0.3) is 0 Å². The van der Waals surface area contributed by atoms with Gasteiger partial charge in [0.2, 0.25) is 0 Å². The molecule has 4 heteroatoms. The van der Waals surface area contributed by atoms with Gasteiger partial charge in [-0.2, -0.15) is 0 Å². The Bertz CT molecular complexity index is 201. The minimum absolute atomic E-state index is 0.219. The molecule has 1 heterocycles. The van der Waals surface area contributed by atoms with Crippen LogP contribution in [-0.2, 0) is 4.79 Å². The van der Waals surface area contributed by atoms with Gasteiger partial charge in [0.1, 0.15) is 0 Å². The molecule has 15 heavy (non-hydrogen) atoms. The quantitative estimate of drug-likeness (QED) is 0.710. The highest BCUT2D eigenvalue weighted by Gasteiger charge is 2.21. The maximum absolute atomic E-state index is 10.4. The lowest BCUT2D eigenvalue weighted by molar-refractivity contribution is -0.136. The molecule has 0 saturated carbocycles. The molecule has 1 aliphatic heterocycles. The second-order valence-electron chi connectivity index (χ2n) is 4.53. The van der Waals surface area contributed by atoms with Crippen molar-refractivity contribution in [3.8, 4) is 0 Å². The molecule has 0 aromatic heterocycles. The summed E-state index contributed by atoms with van der Waals surface area (Å²) in [6, 6.07) is 0.443. The molecule has 0 amide bonds. The molecule has 0 bridgehead atoms. The van der Waals surface area contributed by atoms with E-state index in [1.807, 2.05) is 0 Å². The van der Waals surface area contributed by atoms with Crippen molar-refractivity contribution in [2.24, 2.45) is 5.92 Å². The van der Waals surface area contributed by atoms with E-state index in [9.17, 15) is 4.79 Å². The number of hydrogen-bond acceptors (Lipinski definition) is 3. The third-order valence-electron chi connectivity index (χ3n) is 3.28. The zero-order valence-electron chi connectivity index (χ0n) is 9.70. The van der Waals surface area contributed by atoms with E-state index in [0.717, 1.165) is 13.1 Å². The smallest absolute Gasteiger partial charge is 0.304 e. The third-order valence-corrected chi connectivity index (χ3v) is 3.28. The zero-order chi connectivity index (χ0) is 11.3. The van der Waals surface area contributed by atoms with Gasteiger partial charge in [-0.3, -0.25) is 4.79 Å². The van der Waals surface area contributed by atoms with Gasteiger partial charge in [-0.15, -0.1) is 0 Å². The Balaban J connectivity index is 2.16. The fraction of sp³-hybridized carbons (Fsp3) is 0.909. The number of carboxylic acids is 1. The van der Waals surface area contributed by atoms with Crippen LogP contribution in [0.2, 0.25) is 0 Å². The second-order valence-corrected chi connectivity index (χ2v) is 4.53. The number of carbonyl (C=O) groups is 1. The van der Waals surface area contributed by atoms with E-state index in [2.05, 4.69) is 24.2 Å². The average molecular weight is 214 g/mol. The highest BCUT2D eigenvalue weighted by Crippen LogP contribution is 2.19. The maximum Gasteiger partial charge on any atom is 0.304 e. The Kier molecular flexibility index (Phi) is 5.05. The first-order chi connectivity index (χ1) is 7.09. The number of nitrogens with zero attached hydrogens (tertiary/aromatic N) is 1. The van der Waals surface area contributed by atoms with Gasteiger partial charge in [0.15, 0.2) is 0 Å². The summed E-state index contributed by atoms with van der Waals surface area (Å²) in [4.78, 5) is 12.7. The molecule has 88 valence electrons. The molecular weight excluding hydrogens is 192 g/mol. The van der Waals surface area contributed by atoms with E-state index in [1.165, 1.54) is 12.8 Å². The molecule has 1 atom stereocenters. The van der Waals surface area contributed by atoms with Crippen LogP contribution in [0.4, 0.5) is 0 Å². The summed E-state index contributed by atoms with van der Waals surface area (Å²) in [5.41, 5.74) is 0. The van der Waals surface area contributed by atoms with Crippen LogP contribution in [0.3, 0.4) is 0 Å². The molecule has 4 nitrogen and oxygen atoms in total. The fourth-order valence-corrected chi connectivity index (χ4v) is 2.10. The van der Waals surface area contributed by atoms with Gasteiger partial charge in [-0.25, -0.2) is 0 Å². The van der Waals surface area contributed by atoms with Gasteiger partial charge in [0.25, 0.3) is 0 Å². The molecule has 0 aliphatic carbocycles. The highest BCUT2D eigenvalue weighted by atomic mass is 16.4. The van der Waals surface area contributed by atoms with Crippen LogP contribution in [0.15, 0.2) is 0 Å². The molecule has 1 aliphatic rings. The van der Waals surface area contributed by atoms with Crippen molar-refractivity contribution >= 4 is 5.97 Å². The summed E-state index contributed by atoms with van der Waals surface area (Å²) in [6.45, 7) is 5.08. The summed E-state index contributed by atoms with van der Waals surface area (Å²) in [7, 11) is 2.15. The Morgan fingerprint density at radius 2 is 2.13 bits per heavy atom. The Morgan fingerprint density at radius 3 is 2.67 bits per heavy atom. The van der Waals surface area contributed by atoms with Crippen molar-refractivity contribution in [3.63, 3.8) is 0 Å². The van der Waals surface area contributed by atoms with Crippen molar-refractivity contribution < 1.29 is 9.90 Å². The number of hydrogen-bond donors (Lipinski definition) is 2. The first-order valence-electron chi connectivity index (χ1n) is 5.73. The SMILES string of the molecule is CC(NCCC(=O)O)C1CCN(C)CC1. The molecule has 0 spiro atoms. The van der Waals surface area contributed by atoms with Crippen LogP contribution in [0, 0.1) is 5.92 Å². The third kappa shape index (κ3) is 4.62. The molecule has 1 saturated heterocycles. The van der Waals surface area contributed by atoms with Crippen LogP contribution in [0.5, 0.6) is 0 Å². The van der Waals surface area contributed by atoms with E-state index < -0.39 is 5.97 Å². The van der Waals surface area contributed by atoms with E-state index in [0.29, 0.717) is 18.5 Å². The standard InChI is InChI=1S/C11H22N2O2/c1-9(12-6-3-11(14)15)10-4-7-13(2)8-5-10/h9-10,12H,3-8H2,1-2H3,(H,14,15). The van der Waals surface area contributed by atoms with Crippen molar-refractivity contribution in [2.45, 2.75) is 32.2 Å². The number of nitrogens with one attached hydrogen (secondary N) is 1. The summed E-state index contributed by atoms with van der Waals surface area (Å²) < 4.78 is 0. The lowest BCUT2D eigenvalue weighted by atomic mass is 9.90. The van der Waals surface area contributed by atoms with Crippen molar-refractivity contribution in [1.82, 2.24) is 10.2 Å². The number of rotatable bonds is 5. The lowest BCUT2D eigenvalue weighted by Gasteiger charge is -2.33. The van der Waals surface area contributed by atoms with Crippen molar-refractivity contribution in [1.29, 1.82) is 0 Å². The fourth-order valence-electron chi connectivity index (χ4n) is 2.10. The summed E-state index contributed by atoms with van der Waals surface area (Å²) in [6.07, 6.45) is 2.66. The predicted octanol–water partition coefficient (Wildman–Crippen LogP) is 0.781. The molecule has 0 radical (unpaired) electrons. The Labute approximate surface area is 91.6 Å². The number of carboxylic acid groups (broad SMARTS) is 1. The molecular formula is C11H22N2O2. The van der Waals surface area contributed by atoms with Crippen molar-refractivity contribution in [3.05, 3.63) is 0 Å². The highest BCUT2D eigenvalue weighted by molar-refractivity contribution is 5.66. The summed E-state index contributed by atoms with van der Waals surface area (Å²) in [5.74, 6) is -0.0203. The molecule has 0 aromatic carbocycles. The zero-order valence-corrected chi connectivity index (χ0v) is 9.70.